The van der Waals surface area contributed by atoms with Gasteiger partial charge in [-0.15, -0.1) is 10.2 Å². The minimum Gasteiger partial charge on any atom is -0.324 e. The number of hydrogen-bond donors (Lipinski definition) is 1. The fourth-order valence-corrected chi connectivity index (χ4v) is 4.56. The highest BCUT2D eigenvalue weighted by Gasteiger charge is 2.20. The first-order valence-electron chi connectivity index (χ1n) is 10.0. The van der Waals surface area contributed by atoms with Crippen molar-refractivity contribution in [1.82, 2.24) is 19.7 Å². The van der Waals surface area contributed by atoms with Crippen LogP contribution in [0.2, 0.25) is 5.02 Å². The Morgan fingerprint density at radius 3 is 2.63 bits per heavy atom. The molecule has 2 aromatic carbocycles. The maximum absolute atomic E-state index is 12.5. The van der Waals surface area contributed by atoms with Crippen molar-refractivity contribution >= 4 is 35.0 Å². The van der Waals surface area contributed by atoms with Gasteiger partial charge in [0.15, 0.2) is 11.0 Å². The molecule has 1 N–H and O–H groups in total. The monoisotopic (exact) mass is 441 g/mol. The minimum atomic E-state index is -0.130. The summed E-state index contributed by atoms with van der Waals surface area (Å²) in [5.41, 5.74) is 2.67. The fourth-order valence-electron chi connectivity index (χ4n) is 3.51. The quantitative estimate of drug-likeness (QED) is 0.545. The molecule has 0 atom stereocenters. The number of likely N-dealkylation sites (tertiary alicyclic amines) is 1. The summed E-state index contributed by atoms with van der Waals surface area (Å²) in [4.78, 5) is 14.9. The smallest absolute Gasteiger partial charge is 0.234 e. The van der Waals surface area contributed by atoms with Crippen LogP contribution >= 0.6 is 23.4 Å². The molecule has 6 nitrogen and oxygen atoms in total. The Balaban J connectivity index is 1.49. The molecule has 1 fully saturated rings. The van der Waals surface area contributed by atoms with Gasteiger partial charge in [0, 0.05) is 5.69 Å². The summed E-state index contributed by atoms with van der Waals surface area (Å²) in [6.45, 7) is 4.89. The highest BCUT2D eigenvalue weighted by atomic mass is 35.5. The number of halogens is 1. The molecule has 156 valence electrons. The van der Waals surface area contributed by atoms with Gasteiger partial charge in [0.1, 0.15) is 0 Å². The zero-order valence-corrected chi connectivity index (χ0v) is 18.4. The summed E-state index contributed by atoms with van der Waals surface area (Å²) in [6.07, 6.45) is 2.45. The maximum atomic E-state index is 12.5. The molecular weight excluding hydrogens is 418 g/mol. The van der Waals surface area contributed by atoms with E-state index in [4.69, 9.17) is 11.6 Å². The molecule has 0 saturated carbocycles. The van der Waals surface area contributed by atoms with Gasteiger partial charge in [0.2, 0.25) is 5.91 Å². The topological polar surface area (TPSA) is 63.1 Å². The summed E-state index contributed by atoms with van der Waals surface area (Å²) >= 11 is 7.60. The van der Waals surface area contributed by atoms with E-state index in [1.165, 1.54) is 24.6 Å². The third kappa shape index (κ3) is 5.03. The van der Waals surface area contributed by atoms with E-state index < -0.39 is 0 Å². The first-order valence-corrected chi connectivity index (χ1v) is 11.4. The van der Waals surface area contributed by atoms with Crippen molar-refractivity contribution in [2.45, 2.75) is 31.5 Å². The molecule has 0 bridgehead atoms. The van der Waals surface area contributed by atoms with Crippen LogP contribution in [0.4, 0.5) is 5.69 Å². The number of benzene rings is 2. The number of anilines is 1. The number of amides is 1. The molecule has 30 heavy (non-hydrogen) atoms. The van der Waals surface area contributed by atoms with Gasteiger partial charge in [-0.3, -0.25) is 14.3 Å². The van der Waals surface area contributed by atoms with Gasteiger partial charge >= 0.3 is 0 Å². The Hall–Kier alpha value is -2.35. The second kappa shape index (κ2) is 9.64. The van der Waals surface area contributed by atoms with Gasteiger partial charge in [-0.25, -0.2) is 0 Å². The molecule has 8 heteroatoms. The number of aromatic nitrogens is 3. The van der Waals surface area contributed by atoms with Crippen molar-refractivity contribution in [2.75, 3.05) is 24.2 Å². The molecule has 2 heterocycles. The van der Waals surface area contributed by atoms with Crippen LogP contribution < -0.4 is 5.32 Å². The van der Waals surface area contributed by atoms with Gasteiger partial charge in [-0.05, 0) is 62.7 Å². The van der Waals surface area contributed by atoms with Crippen molar-refractivity contribution in [2.24, 2.45) is 0 Å². The van der Waals surface area contributed by atoms with E-state index >= 15 is 0 Å². The molecule has 0 radical (unpaired) electrons. The average Bonchev–Trinajstić information content (AvgIpc) is 3.39. The van der Waals surface area contributed by atoms with Crippen LogP contribution in [0.5, 0.6) is 0 Å². The summed E-state index contributed by atoms with van der Waals surface area (Å²) in [5, 5.41) is 12.9. The summed E-state index contributed by atoms with van der Waals surface area (Å²) in [7, 11) is 0. The number of para-hydroxylation sites is 1. The van der Waals surface area contributed by atoms with Crippen molar-refractivity contribution in [3.8, 4) is 5.69 Å². The SMILES string of the molecule is Cc1ccc(NC(=O)CSc2nnc(CN3CCCC3)n2-c2ccccc2)c(Cl)c1. The van der Waals surface area contributed by atoms with Gasteiger partial charge < -0.3 is 5.32 Å². The predicted molar refractivity (Wildman–Crippen MR) is 121 cm³/mol. The second-order valence-corrected chi connectivity index (χ2v) is 8.72. The Kier molecular flexibility index (Phi) is 6.72. The highest BCUT2D eigenvalue weighted by Crippen LogP contribution is 2.26. The van der Waals surface area contributed by atoms with E-state index in [9.17, 15) is 4.79 Å². The Morgan fingerprint density at radius 1 is 1.13 bits per heavy atom. The first-order chi connectivity index (χ1) is 14.6. The number of nitrogens with zero attached hydrogens (tertiary/aromatic N) is 4. The lowest BCUT2D eigenvalue weighted by Crippen LogP contribution is -2.21. The average molecular weight is 442 g/mol. The van der Waals surface area contributed by atoms with Crippen LogP contribution in [0.25, 0.3) is 5.69 Å². The lowest BCUT2D eigenvalue weighted by atomic mass is 10.2. The van der Waals surface area contributed by atoms with E-state index in [0.29, 0.717) is 15.9 Å². The van der Waals surface area contributed by atoms with Crippen LogP contribution in [0.1, 0.15) is 24.2 Å². The van der Waals surface area contributed by atoms with Crippen molar-refractivity contribution in [3.05, 3.63) is 64.9 Å². The summed E-state index contributed by atoms with van der Waals surface area (Å²) in [6, 6.07) is 15.6. The van der Waals surface area contributed by atoms with Crippen LogP contribution in [0.3, 0.4) is 0 Å². The van der Waals surface area contributed by atoms with Crippen LogP contribution in [0, 0.1) is 6.92 Å². The van der Waals surface area contributed by atoms with Crippen molar-refractivity contribution in [1.29, 1.82) is 0 Å². The van der Waals surface area contributed by atoms with Crippen molar-refractivity contribution < 1.29 is 4.79 Å². The standard InChI is InChI=1S/C22H24ClN5OS/c1-16-9-10-19(18(23)13-16)24-21(29)15-30-22-26-25-20(14-27-11-5-6-12-27)28(22)17-7-3-2-4-8-17/h2-4,7-10,13H,5-6,11-12,14-15H2,1H3,(H,24,29). The third-order valence-corrected chi connectivity index (χ3v) is 6.25. The molecule has 1 aliphatic rings. The minimum absolute atomic E-state index is 0.130. The molecule has 1 saturated heterocycles. The number of carbonyl (C=O) groups excluding carboxylic acids is 1. The zero-order chi connectivity index (χ0) is 20.9. The summed E-state index contributed by atoms with van der Waals surface area (Å²) in [5.74, 6) is 0.987. The van der Waals surface area contributed by atoms with E-state index in [2.05, 4.69) is 25.0 Å². The predicted octanol–water partition coefficient (Wildman–Crippen LogP) is 4.56. The lowest BCUT2D eigenvalue weighted by molar-refractivity contribution is -0.113. The van der Waals surface area contributed by atoms with E-state index in [0.717, 1.165) is 36.7 Å². The number of aryl methyl sites for hydroxylation is 1. The molecule has 0 unspecified atom stereocenters. The number of nitrogens with one attached hydrogen (secondary N) is 1. The molecule has 4 rings (SSSR count). The van der Waals surface area contributed by atoms with E-state index in [-0.39, 0.29) is 11.7 Å². The van der Waals surface area contributed by atoms with Crippen molar-refractivity contribution in [3.63, 3.8) is 0 Å². The van der Waals surface area contributed by atoms with Gasteiger partial charge in [-0.1, -0.05) is 47.6 Å². The number of rotatable bonds is 7. The second-order valence-electron chi connectivity index (χ2n) is 7.37. The molecule has 0 spiro atoms. The Morgan fingerprint density at radius 2 is 1.90 bits per heavy atom. The van der Waals surface area contributed by atoms with E-state index in [1.54, 1.807) is 0 Å². The lowest BCUT2D eigenvalue weighted by Gasteiger charge is -2.16. The van der Waals surface area contributed by atoms with Crippen LogP contribution in [-0.4, -0.2) is 44.4 Å². The summed E-state index contributed by atoms with van der Waals surface area (Å²) < 4.78 is 2.05. The third-order valence-electron chi connectivity index (χ3n) is 5.01. The maximum Gasteiger partial charge on any atom is 0.234 e. The van der Waals surface area contributed by atoms with E-state index in [1.807, 2.05) is 55.5 Å². The molecule has 1 aromatic heterocycles. The van der Waals surface area contributed by atoms with Crippen LogP contribution in [0.15, 0.2) is 53.7 Å². The molecule has 1 amide bonds. The first kappa shape index (κ1) is 20.9. The largest absolute Gasteiger partial charge is 0.324 e. The molecule has 0 aliphatic carbocycles. The van der Waals surface area contributed by atoms with Gasteiger partial charge in [-0.2, -0.15) is 0 Å². The number of carbonyl (C=O) groups is 1. The van der Waals surface area contributed by atoms with Crippen LogP contribution in [-0.2, 0) is 11.3 Å². The number of thioether (sulfide) groups is 1. The van der Waals surface area contributed by atoms with Gasteiger partial charge in [0.25, 0.3) is 0 Å². The number of hydrogen-bond acceptors (Lipinski definition) is 5. The molecular formula is C22H24ClN5OS. The molecule has 3 aromatic rings. The van der Waals surface area contributed by atoms with Gasteiger partial charge in [0.05, 0.1) is 23.0 Å². The zero-order valence-electron chi connectivity index (χ0n) is 16.8. The Bertz CT molecular complexity index is 1020. The Labute approximate surface area is 185 Å². The molecule has 1 aliphatic heterocycles. The fraction of sp³-hybridized carbons (Fsp3) is 0.318. The highest BCUT2D eigenvalue weighted by molar-refractivity contribution is 7.99. The normalized spacial score (nSPS) is 14.2.